The summed E-state index contributed by atoms with van der Waals surface area (Å²) in [7, 11) is -4.38. The highest BCUT2D eigenvalue weighted by atomic mass is 32.2. The molecule has 0 bridgehead atoms. The molecule has 0 spiro atoms. The van der Waals surface area contributed by atoms with Crippen LogP contribution in [0.25, 0.3) is 0 Å². The van der Waals surface area contributed by atoms with Crippen LogP contribution in [0.1, 0.15) is 32.6 Å². The van der Waals surface area contributed by atoms with Gasteiger partial charge in [-0.05, 0) is 25.7 Å². The quantitative estimate of drug-likeness (QED) is 0.363. The number of alkyl halides is 2. The lowest BCUT2D eigenvalue weighted by molar-refractivity contribution is -0.169. The molecule has 0 unspecified atom stereocenters. The second-order valence-electron chi connectivity index (χ2n) is 4.39. The Labute approximate surface area is 121 Å². The molecule has 21 heavy (non-hydrogen) atoms. The summed E-state index contributed by atoms with van der Waals surface area (Å²) < 4.78 is 62.7. The fourth-order valence-electron chi connectivity index (χ4n) is 1.23. The van der Waals surface area contributed by atoms with Crippen LogP contribution in [0.5, 0.6) is 0 Å². The van der Waals surface area contributed by atoms with E-state index >= 15 is 0 Å². The van der Waals surface area contributed by atoms with Gasteiger partial charge in [-0.2, -0.15) is 17.2 Å². The van der Waals surface area contributed by atoms with Crippen molar-refractivity contribution in [1.29, 1.82) is 0 Å². The molecule has 0 aliphatic rings. The lowest BCUT2D eigenvalue weighted by Crippen LogP contribution is -2.27. The van der Waals surface area contributed by atoms with Gasteiger partial charge in [0.05, 0.1) is 13.2 Å². The van der Waals surface area contributed by atoms with E-state index in [0.29, 0.717) is 32.6 Å². The van der Waals surface area contributed by atoms with Crippen molar-refractivity contribution in [2.75, 3.05) is 19.0 Å². The van der Waals surface area contributed by atoms with Crippen LogP contribution >= 0.6 is 0 Å². The van der Waals surface area contributed by atoms with Gasteiger partial charge in [-0.1, -0.05) is 0 Å². The second kappa shape index (κ2) is 8.88. The summed E-state index contributed by atoms with van der Waals surface area (Å²) in [5, 5.41) is 0. The smallest absolute Gasteiger partial charge is 0.376 e. The van der Waals surface area contributed by atoms with Crippen molar-refractivity contribution >= 4 is 22.1 Å². The maximum absolute atomic E-state index is 12.4. The van der Waals surface area contributed by atoms with E-state index in [1.807, 2.05) is 0 Å². The molecule has 0 amide bonds. The van der Waals surface area contributed by atoms with Crippen LogP contribution < -0.4 is 0 Å². The molecule has 0 aliphatic carbocycles. The molecule has 0 aliphatic heterocycles. The highest BCUT2D eigenvalue weighted by Gasteiger charge is 2.33. The minimum atomic E-state index is -4.38. The first-order valence-corrected chi connectivity index (χ1v) is 7.79. The van der Waals surface area contributed by atoms with Crippen molar-refractivity contribution in [3.8, 4) is 0 Å². The summed E-state index contributed by atoms with van der Waals surface area (Å²) in [6.07, 6.45) is 1.98. The van der Waals surface area contributed by atoms with Gasteiger partial charge < -0.3 is 9.47 Å². The molecule has 0 saturated heterocycles. The Morgan fingerprint density at radius 3 is 1.95 bits per heavy atom. The first kappa shape index (κ1) is 19.7. The number of rotatable bonds is 10. The molecule has 0 fully saturated rings. The monoisotopic (exact) mass is 332 g/mol. The van der Waals surface area contributed by atoms with E-state index in [4.69, 9.17) is 4.55 Å². The summed E-state index contributed by atoms with van der Waals surface area (Å²) in [5.74, 6) is -7.20. The van der Waals surface area contributed by atoms with Gasteiger partial charge in [0.25, 0.3) is 10.1 Å². The van der Waals surface area contributed by atoms with Gasteiger partial charge in [0.2, 0.25) is 0 Å². The van der Waals surface area contributed by atoms with E-state index < -0.39 is 33.7 Å². The van der Waals surface area contributed by atoms with E-state index in [2.05, 4.69) is 9.47 Å². The molecule has 0 aromatic rings. The molecular weight excluding hydrogens is 314 g/mol. The number of halogens is 2. The van der Waals surface area contributed by atoms with Crippen molar-refractivity contribution in [2.45, 2.75) is 38.5 Å². The topological polar surface area (TPSA) is 107 Å². The fourth-order valence-corrected chi connectivity index (χ4v) is 1.61. The number of hydrogen-bond acceptors (Lipinski definition) is 6. The Bertz CT molecular complexity index is 442. The van der Waals surface area contributed by atoms with Crippen LogP contribution in [-0.4, -0.2) is 49.8 Å². The number of esters is 2. The van der Waals surface area contributed by atoms with E-state index in [1.54, 1.807) is 0 Å². The second-order valence-corrected chi connectivity index (χ2v) is 5.84. The van der Waals surface area contributed by atoms with Gasteiger partial charge in [-0.15, -0.1) is 0 Å². The predicted molar refractivity (Wildman–Crippen MR) is 67.4 cm³/mol. The summed E-state index contributed by atoms with van der Waals surface area (Å²) in [6, 6.07) is 0. The maximum atomic E-state index is 12.4. The van der Waals surface area contributed by atoms with Gasteiger partial charge in [-0.25, -0.2) is 4.79 Å². The van der Waals surface area contributed by atoms with Crippen LogP contribution in [0, 0.1) is 0 Å². The Morgan fingerprint density at radius 1 is 1.05 bits per heavy atom. The Balaban J connectivity index is 3.50. The van der Waals surface area contributed by atoms with Crippen LogP contribution in [0.15, 0.2) is 0 Å². The third-order valence-electron chi connectivity index (χ3n) is 2.19. The van der Waals surface area contributed by atoms with E-state index in [-0.39, 0.29) is 13.2 Å². The molecule has 0 radical (unpaired) electrons. The van der Waals surface area contributed by atoms with Crippen LogP contribution in [0.3, 0.4) is 0 Å². The zero-order valence-corrected chi connectivity index (χ0v) is 12.3. The third-order valence-corrected chi connectivity index (χ3v) is 2.79. The van der Waals surface area contributed by atoms with Crippen molar-refractivity contribution in [3.05, 3.63) is 0 Å². The Hall–Kier alpha value is -1.29. The average molecular weight is 332 g/mol. The van der Waals surface area contributed by atoms with Crippen molar-refractivity contribution in [1.82, 2.24) is 0 Å². The van der Waals surface area contributed by atoms with Gasteiger partial charge in [0, 0.05) is 6.92 Å². The molecule has 0 aromatic carbocycles. The number of hydrogen-bond donors (Lipinski definition) is 1. The first-order chi connectivity index (χ1) is 9.52. The van der Waals surface area contributed by atoms with E-state index in [9.17, 15) is 26.8 Å². The predicted octanol–water partition coefficient (Wildman–Crippen LogP) is 1.18. The normalized spacial score (nSPS) is 12.0. The van der Waals surface area contributed by atoms with Gasteiger partial charge in [-0.3, -0.25) is 9.35 Å². The van der Waals surface area contributed by atoms with Gasteiger partial charge >= 0.3 is 17.9 Å². The minimum Gasteiger partial charge on any atom is -0.465 e. The number of carbonyl (C=O) groups is 2. The summed E-state index contributed by atoms with van der Waals surface area (Å²) >= 11 is 0. The third kappa shape index (κ3) is 12.2. The summed E-state index contributed by atoms with van der Waals surface area (Å²) in [5.41, 5.74) is 0. The molecule has 0 atom stereocenters. The van der Waals surface area contributed by atoms with Crippen LogP contribution in [0.2, 0.25) is 0 Å². The van der Waals surface area contributed by atoms with E-state index in [0.717, 1.165) is 0 Å². The first-order valence-electron chi connectivity index (χ1n) is 6.18. The zero-order chi connectivity index (χ0) is 16.5. The molecule has 0 heterocycles. The number of unbranched alkanes of at least 4 members (excludes halogenated alkanes) is 3. The van der Waals surface area contributed by atoms with Crippen LogP contribution in [0.4, 0.5) is 8.78 Å². The zero-order valence-electron chi connectivity index (χ0n) is 11.5. The molecule has 0 aromatic heterocycles. The average Bonchev–Trinajstić information content (AvgIpc) is 2.28. The standard InChI is InChI=1S/C11H18F2O7S/c1-11(12,13)10(15)20-7-5-3-2-4-6-19-9(14)8-21(16,17)18/h2-8H2,1H3,(H,16,17,18). The number of ether oxygens (including phenoxy) is 2. The van der Waals surface area contributed by atoms with Gasteiger partial charge in [0.15, 0.2) is 5.75 Å². The Morgan fingerprint density at radius 2 is 1.52 bits per heavy atom. The van der Waals surface area contributed by atoms with Gasteiger partial charge in [0.1, 0.15) is 0 Å². The lowest BCUT2D eigenvalue weighted by atomic mass is 10.2. The maximum Gasteiger partial charge on any atom is 0.376 e. The van der Waals surface area contributed by atoms with E-state index in [1.165, 1.54) is 0 Å². The molecular formula is C11H18F2O7S. The molecule has 7 nitrogen and oxygen atoms in total. The highest BCUT2D eigenvalue weighted by molar-refractivity contribution is 7.86. The largest absolute Gasteiger partial charge is 0.465 e. The molecule has 0 saturated carbocycles. The molecule has 0 rings (SSSR count). The highest BCUT2D eigenvalue weighted by Crippen LogP contribution is 2.13. The van der Waals surface area contributed by atoms with Crippen molar-refractivity contribution in [3.63, 3.8) is 0 Å². The SMILES string of the molecule is CC(F)(F)C(=O)OCCCCCCOC(=O)CS(=O)(=O)O. The number of carbonyl (C=O) groups excluding carboxylic acids is 2. The summed E-state index contributed by atoms with van der Waals surface area (Å²) in [4.78, 5) is 21.6. The summed E-state index contributed by atoms with van der Waals surface area (Å²) in [6.45, 7) is 0.322. The fraction of sp³-hybridized carbons (Fsp3) is 0.818. The van der Waals surface area contributed by atoms with Crippen molar-refractivity contribution in [2.24, 2.45) is 0 Å². The molecule has 1 N–H and O–H groups in total. The lowest BCUT2D eigenvalue weighted by Gasteiger charge is -2.09. The van der Waals surface area contributed by atoms with Crippen molar-refractivity contribution < 1.29 is 40.8 Å². The molecule has 10 heteroatoms. The van der Waals surface area contributed by atoms with Crippen LogP contribution in [-0.2, 0) is 29.2 Å². The minimum absolute atomic E-state index is 0.0127. The Kier molecular flexibility index (Phi) is 8.33. The molecule has 124 valence electrons.